The first-order valence-electron chi connectivity index (χ1n) is 6.31. The highest BCUT2D eigenvalue weighted by molar-refractivity contribution is 6.32. The lowest BCUT2D eigenvalue weighted by Crippen LogP contribution is -2.21. The summed E-state index contributed by atoms with van der Waals surface area (Å²) in [4.78, 5) is 0. The van der Waals surface area contributed by atoms with Crippen molar-refractivity contribution in [1.82, 2.24) is 0 Å². The van der Waals surface area contributed by atoms with E-state index in [1.807, 2.05) is 13.8 Å². The Hall–Kier alpha value is -1.54. The first-order valence-corrected chi connectivity index (χ1v) is 6.31. The summed E-state index contributed by atoms with van der Waals surface area (Å²) in [6, 6.07) is 17.0. The van der Waals surface area contributed by atoms with E-state index in [1.54, 1.807) is 0 Å². The molecule has 2 heteroatoms. The molecular formula is C16H19BO. The maximum absolute atomic E-state index is 9.36. The first-order chi connectivity index (χ1) is 8.53. The minimum Gasteiger partial charge on any atom is -0.395 e. The maximum atomic E-state index is 9.36. The molecule has 0 amide bonds. The molecule has 2 aromatic rings. The van der Waals surface area contributed by atoms with E-state index in [0.29, 0.717) is 0 Å². The largest absolute Gasteiger partial charge is 0.395 e. The first kappa shape index (κ1) is 12.9. The molecule has 0 saturated heterocycles. The minimum atomic E-state index is -0.175. The molecule has 0 aliphatic carbocycles. The van der Waals surface area contributed by atoms with E-state index in [0.717, 1.165) is 0 Å². The number of aliphatic hydroxyl groups excluding tert-OH is 1. The standard InChI is InChI=1S/C16H19BO/c1-16(2,11-18)14-7-3-12(4-8-14)13-5-9-15(17)10-6-13/h3-10,18H,11,17H2,1-2H3. The van der Waals surface area contributed by atoms with Crippen molar-refractivity contribution >= 4 is 13.3 Å². The summed E-state index contributed by atoms with van der Waals surface area (Å²) in [6.45, 7) is 4.26. The summed E-state index contributed by atoms with van der Waals surface area (Å²) in [5, 5.41) is 9.36. The van der Waals surface area contributed by atoms with Gasteiger partial charge in [0.15, 0.2) is 0 Å². The predicted molar refractivity (Wildman–Crippen MR) is 80.2 cm³/mol. The van der Waals surface area contributed by atoms with Gasteiger partial charge in [-0.3, -0.25) is 0 Å². The summed E-state index contributed by atoms with van der Waals surface area (Å²) in [7, 11) is 2.09. The van der Waals surface area contributed by atoms with Crippen molar-refractivity contribution in [1.29, 1.82) is 0 Å². The second-order valence-corrected chi connectivity index (χ2v) is 5.49. The van der Waals surface area contributed by atoms with Crippen molar-refractivity contribution in [3.05, 3.63) is 54.1 Å². The van der Waals surface area contributed by atoms with Crippen LogP contribution in [-0.4, -0.2) is 19.6 Å². The fourth-order valence-electron chi connectivity index (χ4n) is 1.95. The quantitative estimate of drug-likeness (QED) is 0.809. The van der Waals surface area contributed by atoms with E-state index in [1.165, 1.54) is 22.2 Å². The summed E-state index contributed by atoms with van der Waals surface area (Å²) < 4.78 is 0. The molecule has 0 atom stereocenters. The lowest BCUT2D eigenvalue weighted by atomic mass is 9.85. The average molecular weight is 238 g/mol. The molecule has 92 valence electrons. The average Bonchev–Trinajstić information content (AvgIpc) is 2.40. The van der Waals surface area contributed by atoms with Gasteiger partial charge in [0, 0.05) is 5.41 Å². The molecule has 0 aliphatic heterocycles. The van der Waals surface area contributed by atoms with Gasteiger partial charge >= 0.3 is 0 Å². The lowest BCUT2D eigenvalue weighted by Gasteiger charge is -2.22. The third kappa shape index (κ3) is 2.65. The molecule has 0 radical (unpaired) electrons. The van der Waals surface area contributed by atoms with Gasteiger partial charge in [0.05, 0.1) is 6.61 Å². The molecule has 0 spiro atoms. The Kier molecular flexibility index (Phi) is 3.58. The molecule has 2 rings (SSSR count). The Morgan fingerprint density at radius 3 is 1.78 bits per heavy atom. The van der Waals surface area contributed by atoms with Gasteiger partial charge in [0.25, 0.3) is 0 Å². The third-order valence-electron chi connectivity index (χ3n) is 3.45. The lowest BCUT2D eigenvalue weighted by molar-refractivity contribution is 0.218. The van der Waals surface area contributed by atoms with Crippen LogP contribution in [0.5, 0.6) is 0 Å². The van der Waals surface area contributed by atoms with Crippen LogP contribution in [0.25, 0.3) is 11.1 Å². The van der Waals surface area contributed by atoms with Crippen LogP contribution in [0.2, 0.25) is 0 Å². The minimum absolute atomic E-state index is 0.164. The predicted octanol–water partition coefficient (Wildman–Crippen LogP) is 1.88. The van der Waals surface area contributed by atoms with E-state index < -0.39 is 0 Å². The highest BCUT2D eigenvalue weighted by Gasteiger charge is 2.18. The number of rotatable bonds is 3. The van der Waals surface area contributed by atoms with E-state index >= 15 is 0 Å². The molecule has 0 fully saturated rings. The van der Waals surface area contributed by atoms with Crippen molar-refractivity contribution in [2.45, 2.75) is 19.3 Å². The number of benzene rings is 2. The van der Waals surface area contributed by atoms with Crippen LogP contribution in [0.1, 0.15) is 19.4 Å². The van der Waals surface area contributed by atoms with Crippen LogP contribution >= 0.6 is 0 Å². The topological polar surface area (TPSA) is 20.2 Å². The van der Waals surface area contributed by atoms with Crippen molar-refractivity contribution in [2.24, 2.45) is 0 Å². The molecule has 1 nitrogen and oxygen atoms in total. The van der Waals surface area contributed by atoms with Gasteiger partial charge in [-0.05, 0) is 16.7 Å². The Morgan fingerprint density at radius 1 is 0.889 bits per heavy atom. The van der Waals surface area contributed by atoms with Crippen LogP contribution in [0.4, 0.5) is 0 Å². The highest BCUT2D eigenvalue weighted by atomic mass is 16.3. The van der Waals surface area contributed by atoms with Gasteiger partial charge in [0.1, 0.15) is 7.85 Å². The molecule has 0 unspecified atom stereocenters. The summed E-state index contributed by atoms with van der Waals surface area (Å²) in [6.07, 6.45) is 0. The summed E-state index contributed by atoms with van der Waals surface area (Å²) in [5.74, 6) is 0. The number of hydrogen-bond acceptors (Lipinski definition) is 1. The molecule has 1 N–H and O–H groups in total. The summed E-state index contributed by atoms with van der Waals surface area (Å²) >= 11 is 0. The normalized spacial score (nSPS) is 11.5. The van der Waals surface area contributed by atoms with Crippen molar-refractivity contribution < 1.29 is 5.11 Å². The van der Waals surface area contributed by atoms with Crippen LogP contribution in [0.3, 0.4) is 0 Å². The molecule has 0 saturated carbocycles. The molecule has 0 heterocycles. The fourth-order valence-corrected chi connectivity index (χ4v) is 1.95. The molecular weight excluding hydrogens is 219 g/mol. The Bertz CT molecular complexity index is 512. The van der Waals surface area contributed by atoms with Gasteiger partial charge in [-0.1, -0.05) is 67.8 Å². The number of hydrogen-bond donors (Lipinski definition) is 1. The van der Waals surface area contributed by atoms with Crippen LogP contribution in [-0.2, 0) is 5.41 Å². The molecule has 2 aromatic carbocycles. The zero-order valence-electron chi connectivity index (χ0n) is 11.3. The van der Waals surface area contributed by atoms with Crippen molar-refractivity contribution in [3.63, 3.8) is 0 Å². The van der Waals surface area contributed by atoms with Gasteiger partial charge in [-0.2, -0.15) is 0 Å². The van der Waals surface area contributed by atoms with Gasteiger partial charge in [0.2, 0.25) is 0 Å². The van der Waals surface area contributed by atoms with E-state index in [4.69, 9.17) is 0 Å². The second-order valence-electron chi connectivity index (χ2n) is 5.49. The van der Waals surface area contributed by atoms with E-state index in [-0.39, 0.29) is 12.0 Å². The van der Waals surface area contributed by atoms with E-state index in [2.05, 4.69) is 56.4 Å². The Morgan fingerprint density at radius 2 is 1.33 bits per heavy atom. The summed E-state index contributed by atoms with van der Waals surface area (Å²) in [5.41, 5.74) is 4.71. The Balaban J connectivity index is 2.30. The number of aliphatic hydroxyl groups is 1. The molecule has 0 bridgehead atoms. The third-order valence-corrected chi connectivity index (χ3v) is 3.45. The molecule has 0 aliphatic rings. The zero-order valence-corrected chi connectivity index (χ0v) is 11.3. The van der Waals surface area contributed by atoms with Gasteiger partial charge in [-0.25, -0.2) is 0 Å². The van der Waals surface area contributed by atoms with Gasteiger partial charge < -0.3 is 5.11 Å². The Labute approximate surface area is 110 Å². The molecule has 18 heavy (non-hydrogen) atoms. The van der Waals surface area contributed by atoms with Crippen LogP contribution in [0.15, 0.2) is 48.5 Å². The monoisotopic (exact) mass is 238 g/mol. The fraction of sp³-hybridized carbons (Fsp3) is 0.250. The van der Waals surface area contributed by atoms with Gasteiger partial charge in [-0.15, -0.1) is 0 Å². The molecule has 0 aromatic heterocycles. The highest BCUT2D eigenvalue weighted by Crippen LogP contribution is 2.25. The van der Waals surface area contributed by atoms with Crippen LogP contribution in [0, 0.1) is 0 Å². The van der Waals surface area contributed by atoms with Crippen LogP contribution < -0.4 is 5.46 Å². The van der Waals surface area contributed by atoms with E-state index in [9.17, 15) is 5.11 Å². The zero-order chi connectivity index (χ0) is 13.2. The second kappa shape index (κ2) is 4.99. The SMILES string of the molecule is Bc1ccc(-c2ccc(C(C)(C)CO)cc2)cc1. The van der Waals surface area contributed by atoms with Crippen molar-refractivity contribution in [2.75, 3.05) is 6.61 Å². The smallest absolute Gasteiger partial charge is 0.139 e. The maximum Gasteiger partial charge on any atom is 0.139 e. The van der Waals surface area contributed by atoms with Crippen molar-refractivity contribution in [3.8, 4) is 11.1 Å².